The molecule has 1 heterocycles. The molecule has 0 radical (unpaired) electrons. The van der Waals surface area contributed by atoms with Crippen molar-refractivity contribution in [1.29, 1.82) is 0 Å². The average molecular weight is 272 g/mol. The first-order chi connectivity index (χ1) is 9.13. The second-order valence-corrected chi connectivity index (χ2v) is 5.40. The Bertz CT molecular complexity index is 651. The molecule has 1 N–H and O–H groups in total. The molecule has 0 bridgehead atoms. The zero-order valence-electron chi connectivity index (χ0n) is 10.6. The summed E-state index contributed by atoms with van der Waals surface area (Å²) in [4.78, 5) is 12.1. The Labute approximate surface area is 117 Å². The topological polar surface area (TPSA) is 29.1 Å². The van der Waals surface area contributed by atoms with E-state index in [0.29, 0.717) is 11.4 Å². The van der Waals surface area contributed by atoms with Gasteiger partial charge in [0.25, 0.3) is 0 Å². The molecular formula is C16H14ClNO. The van der Waals surface area contributed by atoms with Gasteiger partial charge in [-0.3, -0.25) is 4.79 Å². The molecule has 0 fully saturated rings. The number of benzene rings is 2. The van der Waals surface area contributed by atoms with Gasteiger partial charge in [-0.25, -0.2) is 0 Å². The summed E-state index contributed by atoms with van der Waals surface area (Å²) >= 11 is 5.99. The SMILES string of the molecule is Cc1ccc2c(c1)[C@H](Cc1cccc(Cl)c1)C(=O)N2. The Morgan fingerprint density at radius 3 is 2.84 bits per heavy atom. The highest BCUT2D eigenvalue weighted by atomic mass is 35.5. The highest BCUT2D eigenvalue weighted by molar-refractivity contribution is 6.30. The minimum atomic E-state index is -0.117. The first-order valence-electron chi connectivity index (χ1n) is 6.29. The number of aryl methyl sites for hydroxylation is 1. The fraction of sp³-hybridized carbons (Fsp3) is 0.188. The summed E-state index contributed by atoms with van der Waals surface area (Å²) in [6.45, 7) is 2.04. The van der Waals surface area contributed by atoms with E-state index in [4.69, 9.17) is 11.6 Å². The van der Waals surface area contributed by atoms with Crippen LogP contribution in [0.15, 0.2) is 42.5 Å². The van der Waals surface area contributed by atoms with Crippen molar-refractivity contribution in [3.63, 3.8) is 0 Å². The number of hydrogen-bond donors (Lipinski definition) is 1. The largest absolute Gasteiger partial charge is 0.325 e. The van der Waals surface area contributed by atoms with Gasteiger partial charge in [-0.05, 0) is 42.7 Å². The number of carbonyl (C=O) groups is 1. The lowest BCUT2D eigenvalue weighted by molar-refractivity contribution is -0.117. The van der Waals surface area contributed by atoms with Crippen molar-refractivity contribution < 1.29 is 4.79 Å². The van der Waals surface area contributed by atoms with Crippen LogP contribution < -0.4 is 5.32 Å². The smallest absolute Gasteiger partial charge is 0.232 e. The molecule has 1 amide bonds. The van der Waals surface area contributed by atoms with Gasteiger partial charge in [0.1, 0.15) is 0 Å². The molecule has 1 aliphatic heterocycles. The number of amides is 1. The molecule has 0 saturated heterocycles. The van der Waals surface area contributed by atoms with E-state index < -0.39 is 0 Å². The van der Waals surface area contributed by atoms with E-state index in [1.165, 1.54) is 5.56 Å². The molecule has 0 aromatic heterocycles. The van der Waals surface area contributed by atoms with Gasteiger partial charge >= 0.3 is 0 Å². The zero-order chi connectivity index (χ0) is 13.4. The number of carbonyl (C=O) groups excluding carboxylic acids is 1. The van der Waals surface area contributed by atoms with Gasteiger partial charge in [-0.15, -0.1) is 0 Å². The number of fused-ring (bicyclic) bond motifs is 1. The Kier molecular flexibility index (Phi) is 3.03. The van der Waals surface area contributed by atoms with Gasteiger partial charge in [-0.1, -0.05) is 41.4 Å². The maximum absolute atomic E-state index is 12.1. The lowest BCUT2D eigenvalue weighted by Gasteiger charge is -2.09. The van der Waals surface area contributed by atoms with Crippen molar-refractivity contribution >= 4 is 23.2 Å². The van der Waals surface area contributed by atoms with E-state index in [1.807, 2.05) is 43.3 Å². The van der Waals surface area contributed by atoms with Crippen LogP contribution in [0.25, 0.3) is 0 Å². The molecule has 1 aliphatic rings. The van der Waals surface area contributed by atoms with E-state index in [-0.39, 0.29) is 11.8 Å². The van der Waals surface area contributed by atoms with Crippen molar-refractivity contribution in [3.05, 3.63) is 64.2 Å². The van der Waals surface area contributed by atoms with E-state index in [0.717, 1.165) is 16.8 Å². The summed E-state index contributed by atoms with van der Waals surface area (Å²) in [7, 11) is 0. The zero-order valence-corrected chi connectivity index (χ0v) is 11.4. The number of hydrogen-bond acceptors (Lipinski definition) is 1. The highest BCUT2D eigenvalue weighted by Gasteiger charge is 2.30. The minimum Gasteiger partial charge on any atom is -0.325 e. The summed E-state index contributed by atoms with van der Waals surface area (Å²) < 4.78 is 0. The third-order valence-corrected chi connectivity index (χ3v) is 3.72. The van der Waals surface area contributed by atoms with Crippen molar-refractivity contribution in [2.45, 2.75) is 19.3 Å². The minimum absolute atomic E-state index is 0.0700. The molecule has 0 saturated carbocycles. The molecular weight excluding hydrogens is 258 g/mol. The van der Waals surface area contributed by atoms with Crippen LogP contribution in [0, 0.1) is 6.92 Å². The van der Waals surface area contributed by atoms with Crippen LogP contribution in [0.2, 0.25) is 5.02 Å². The van der Waals surface area contributed by atoms with Crippen molar-refractivity contribution in [2.75, 3.05) is 5.32 Å². The third kappa shape index (κ3) is 2.36. The third-order valence-electron chi connectivity index (χ3n) is 3.49. The summed E-state index contributed by atoms with van der Waals surface area (Å²) in [6, 6.07) is 13.8. The maximum Gasteiger partial charge on any atom is 0.232 e. The second kappa shape index (κ2) is 4.71. The summed E-state index contributed by atoms with van der Waals surface area (Å²) in [5.74, 6) is -0.0473. The lowest BCUT2D eigenvalue weighted by atomic mass is 9.92. The Hall–Kier alpha value is -1.80. The number of rotatable bonds is 2. The Morgan fingerprint density at radius 1 is 1.21 bits per heavy atom. The predicted octanol–water partition coefficient (Wildman–Crippen LogP) is 3.93. The standard InChI is InChI=1S/C16H14ClNO/c1-10-5-6-15-13(7-10)14(16(19)18-15)9-11-3-2-4-12(17)8-11/h2-8,14H,9H2,1H3,(H,18,19)/t14-/m0/s1. The van der Waals surface area contributed by atoms with Gasteiger partial charge in [-0.2, -0.15) is 0 Å². The van der Waals surface area contributed by atoms with E-state index in [9.17, 15) is 4.79 Å². The Balaban J connectivity index is 1.94. The van der Waals surface area contributed by atoms with E-state index in [1.54, 1.807) is 0 Å². The molecule has 3 rings (SSSR count). The highest BCUT2D eigenvalue weighted by Crippen LogP contribution is 2.35. The lowest BCUT2D eigenvalue weighted by Crippen LogP contribution is -2.14. The fourth-order valence-electron chi connectivity index (χ4n) is 2.55. The molecule has 0 aliphatic carbocycles. The van der Waals surface area contributed by atoms with Crippen LogP contribution >= 0.6 is 11.6 Å². The predicted molar refractivity (Wildman–Crippen MR) is 77.7 cm³/mol. The number of anilines is 1. The van der Waals surface area contributed by atoms with Gasteiger partial charge in [0, 0.05) is 10.7 Å². The number of halogens is 1. The monoisotopic (exact) mass is 271 g/mol. The van der Waals surface area contributed by atoms with Gasteiger partial charge < -0.3 is 5.32 Å². The van der Waals surface area contributed by atoms with Crippen LogP contribution in [0.1, 0.15) is 22.6 Å². The van der Waals surface area contributed by atoms with Crippen LogP contribution in [-0.4, -0.2) is 5.91 Å². The molecule has 0 spiro atoms. The summed E-state index contributed by atoms with van der Waals surface area (Å²) in [5, 5.41) is 3.65. The Morgan fingerprint density at radius 2 is 2.05 bits per heavy atom. The fourth-order valence-corrected chi connectivity index (χ4v) is 2.76. The molecule has 2 aromatic carbocycles. The molecule has 96 valence electrons. The average Bonchev–Trinajstić information content (AvgIpc) is 2.66. The maximum atomic E-state index is 12.1. The van der Waals surface area contributed by atoms with E-state index in [2.05, 4.69) is 11.4 Å². The molecule has 0 unspecified atom stereocenters. The quantitative estimate of drug-likeness (QED) is 0.881. The van der Waals surface area contributed by atoms with E-state index >= 15 is 0 Å². The van der Waals surface area contributed by atoms with Crippen molar-refractivity contribution in [1.82, 2.24) is 0 Å². The van der Waals surface area contributed by atoms with Crippen LogP contribution in [0.4, 0.5) is 5.69 Å². The van der Waals surface area contributed by atoms with Gasteiger partial charge in [0.2, 0.25) is 5.91 Å². The van der Waals surface area contributed by atoms with Gasteiger partial charge in [0.05, 0.1) is 5.92 Å². The van der Waals surface area contributed by atoms with Gasteiger partial charge in [0.15, 0.2) is 0 Å². The second-order valence-electron chi connectivity index (χ2n) is 4.97. The normalized spacial score (nSPS) is 17.2. The van der Waals surface area contributed by atoms with Crippen molar-refractivity contribution in [2.24, 2.45) is 0 Å². The van der Waals surface area contributed by atoms with Crippen molar-refractivity contribution in [3.8, 4) is 0 Å². The molecule has 2 aromatic rings. The first kappa shape index (κ1) is 12.2. The molecule has 1 atom stereocenters. The first-order valence-corrected chi connectivity index (χ1v) is 6.67. The molecule has 19 heavy (non-hydrogen) atoms. The number of nitrogens with one attached hydrogen (secondary N) is 1. The molecule has 3 heteroatoms. The molecule has 2 nitrogen and oxygen atoms in total. The summed E-state index contributed by atoms with van der Waals surface area (Å²) in [5.41, 5.74) is 4.28. The van der Waals surface area contributed by atoms with Crippen LogP contribution in [-0.2, 0) is 11.2 Å². The van der Waals surface area contributed by atoms with Crippen LogP contribution in [0.3, 0.4) is 0 Å². The summed E-state index contributed by atoms with van der Waals surface area (Å²) in [6.07, 6.45) is 0.683. The van der Waals surface area contributed by atoms with Crippen LogP contribution in [0.5, 0.6) is 0 Å².